The van der Waals surface area contributed by atoms with Gasteiger partial charge in [-0.2, -0.15) is 0 Å². The minimum Gasteiger partial charge on any atom is -0.355 e. The van der Waals surface area contributed by atoms with Gasteiger partial charge in [-0.25, -0.2) is 4.39 Å². The molecule has 0 radical (unpaired) electrons. The number of nitrogens with one attached hydrogen (secondary N) is 1. The molecule has 0 spiro atoms. The van der Waals surface area contributed by atoms with Gasteiger partial charge in [0, 0.05) is 18.2 Å². The van der Waals surface area contributed by atoms with E-state index in [-0.39, 0.29) is 5.56 Å². The molecular weight excluding hydrogens is 241 g/mol. The van der Waals surface area contributed by atoms with Crippen LogP contribution in [0.2, 0.25) is 0 Å². The highest BCUT2D eigenvalue weighted by Gasteiger charge is 2.09. The molecule has 0 fully saturated rings. The van der Waals surface area contributed by atoms with Gasteiger partial charge in [-0.3, -0.25) is 4.79 Å². The minimum atomic E-state index is -0.570. The van der Waals surface area contributed by atoms with Crippen LogP contribution in [0.4, 0.5) is 4.39 Å². The molecule has 0 bridgehead atoms. The van der Waals surface area contributed by atoms with Crippen molar-refractivity contribution in [2.45, 2.75) is 0 Å². The second-order valence-corrected chi connectivity index (χ2v) is 3.89. The van der Waals surface area contributed by atoms with Gasteiger partial charge in [-0.1, -0.05) is 30.0 Å². The maximum absolute atomic E-state index is 13.7. The van der Waals surface area contributed by atoms with Crippen LogP contribution in [0.25, 0.3) is 0 Å². The Morgan fingerprint density at radius 2 is 1.74 bits per heavy atom. The number of halogens is 1. The summed E-state index contributed by atoms with van der Waals surface area (Å²) in [5.74, 6) is 4.78. The van der Waals surface area contributed by atoms with E-state index in [0.717, 1.165) is 5.56 Å². The number of hydrogen-bond acceptors (Lipinski definition) is 1. The van der Waals surface area contributed by atoms with E-state index in [1.807, 2.05) is 30.3 Å². The molecule has 2 aromatic rings. The van der Waals surface area contributed by atoms with Crippen molar-refractivity contribution >= 4 is 5.91 Å². The van der Waals surface area contributed by atoms with Crippen LogP contribution in [0.3, 0.4) is 0 Å². The van der Waals surface area contributed by atoms with Crippen LogP contribution in [0.1, 0.15) is 21.5 Å². The first kappa shape index (κ1) is 12.8. The molecule has 0 aliphatic heterocycles. The number of carbonyl (C=O) groups is 1. The number of amides is 1. The van der Waals surface area contributed by atoms with Crippen molar-refractivity contribution in [3.8, 4) is 11.8 Å². The Morgan fingerprint density at radius 1 is 1.05 bits per heavy atom. The van der Waals surface area contributed by atoms with Crippen LogP contribution >= 0.6 is 0 Å². The van der Waals surface area contributed by atoms with Crippen molar-refractivity contribution in [2.24, 2.45) is 0 Å². The van der Waals surface area contributed by atoms with Crippen LogP contribution in [0, 0.1) is 17.7 Å². The summed E-state index contributed by atoms with van der Waals surface area (Å²) in [5, 5.41) is 2.38. The van der Waals surface area contributed by atoms with E-state index in [9.17, 15) is 9.18 Å². The molecule has 0 unspecified atom stereocenters. The Kier molecular flexibility index (Phi) is 3.94. The number of benzene rings is 2. The lowest BCUT2D eigenvalue weighted by molar-refractivity contribution is 0.0959. The molecule has 0 saturated carbocycles. The van der Waals surface area contributed by atoms with Crippen molar-refractivity contribution in [3.63, 3.8) is 0 Å². The molecule has 0 heterocycles. The third-order valence-corrected chi connectivity index (χ3v) is 2.57. The molecule has 0 saturated heterocycles. The summed E-state index contributed by atoms with van der Waals surface area (Å²) < 4.78 is 13.7. The van der Waals surface area contributed by atoms with Gasteiger partial charge in [0.15, 0.2) is 0 Å². The largest absolute Gasteiger partial charge is 0.355 e. The van der Waals surface area contributed by atoms with E-state index in [1.54, 1.807) is 6.07 Å². The van der Waals surface area contributed by atoms with E-state index in [0.29, 0.717) is 5.56 Å². The van der Waals surface area contributed by atoms with Gasteiger partial charge >= 0.3 is 0 Å². The first-order valence-electron chi connectivity index (χ1n) is 5.79. The van der Waals surface area contributed by atoms with Gasteiger partial charge in [0.05, 0.1) is 5.56 Å². The normalized spacial score (nSPS) is 9.37. The third-order valence-electron chi connectivity index (χ3n) is 2.57. The Bertz CT molecular complexity index is 653. The molecule has 2 nitrogen and oxygen atoms in total. The molecule has 0 aliphatic rings. The maximum Gasteiger partial charge on any atom is 0.253 e. The van der Waals surface area contributed by atoms with Crippen LogP contribution in [-0.4, -0.2) is 13.0 Å². The van der Waals surface area contributed by atoms with Crippen LogP contribution in [0.5, 0.6) is 0 Å². The lowest BCUT2D eigenvalue weighted by Gasteiger charge is -2.01. The molecule has 2 rings (SSSR count). The zero-order valence-electron chi connectivity index (χ0n) is 10.4. The predicted octanol–water partition coefficient (Wildman–Crippen LogP) is 2.59. The number of carbonyl (C=O) groups excluding carboxylic acids is 1. The zero-order valence-corrected chi connectivity index (χ0v) is 10.4. The van der Waals surface area contributed by atoms with Crippen molar-refractivity contribution in [3.05, 3.63) is 71.0 Å². The summed E-state index contributed by atoms with van der Waals surface area (Å²) in [7, 11) is 1.46. The lowest BCUT2D eigenvalue weighted by atomic mass is 10.1. The van der Waals surface area contributed by atoms with Gasteiger partial charge in [0.1, 0.15) is 5.82 Å². The molecule has 0 aromatic heterocycles. The molecule has 19 heavy (non-hydrogen) atoms. The van der Waals surface area contributed by atoms with Crippen LogP contribution < -0.4 is 5.32 Å². The summed E-state index contributed by atoms with van der Waals surface area (Å²) >= 11 is 0. The fraction of sp³-hybridized carbons (Fsp3) is 0.0625. The van der Waals surface area contributed by atoms with Gasteiger partial charge in [-0.15, -0.1) is 0 Å². The molecule has 1 amide bonds. The smallest absolute Gasteiger partial charge is 0.253 e. The highest BCUT2D eigenvalue weighted by atomic mass is 19.1. The highest BCUT2D eigenvalue weighted by molar-refractivity contribution is 5.94. The maximum atomic E-state index is 13.7. The lowest BCUT2D eigenvalue weighted by Crippen LogP contribution is -2.19. The first-order chi connectivity index (χ1) is 9.20. The van der Waals surface area contributed by atoms with E-state index in [2.05, 4.69) is 17.2 Å². The Labute approximate surface area is 111 Å². The fourth-order valence-electron chi connectivity index (χ4n) is 1.58. The molecular formula is C16H12FNO. The summed E-state index contributed by atoms with van der Waals surface area (Å²) in [6.07, 6.45) is 0. The van der Waals surface area contributed by atoms with E-state index in [4.69, 9.17) is 0 Å². The molecule has 94 valence electrons. The summed E-state index contributed by atoms with van der Waals surface area (Å²) in [5.41, 5.74) is 1.42. The highest BCUT2D eigenvalue weighted by Crippen LogP contribution is 2.10. The van der Waals surface area contributed by atoms with Gasteiger partial charge < -0.3 is 5.32 Å². The summed E-state index contributed by atoms with van der Waals surface area (Å²) in [4.78, 5) is 11.3. The van der Waals surface area contributed by atoms with E-state index < -0.39 is 11.7 Å². The van der Waals surface area contributed by atoms with E-state index in [1.165, 1.54) is 19.2 Å². The number of rotatable bonds is 1. The van der Waals surface area contributed by atoms with Crippen molar-refractivity contribution in [1.82, 2.24) is 5.32 Å². The molecule has 0 atom stereocenters. The van der Waals surface area contributed by atoms with Crippen molar-refractivity contribution < 1.29 is 9.18 Å². The predicted molar refractivity (Wildman–Crippen MR) is 72.2 cm³/mol. The van der Waals surface area contributed by atoms with Crippen LogP contribution in [-0.2, 0) is 0 Å². The fourth-order valence-corrected chi connectivity index (χ4v) is 1.58. The second kappa shape index (κ2) is 5.83. The van der Waals surface area contributed by atoms with Crippen molar-refractivity contribution in [1.29, 1.82) is 0 Å². The topological polar surface area (TPSA) is 29.1 Å². The minimum absolute atomic E-state index is 0.0211. The van der Waals surface area contributed by atoms with Gasteiger partial charge in [-0.05, 0) is 30.3 Å². The van der Waals surface area contributed by atoms with Gasteiger partial charge in [0.25, 0.3) is 5.91 Å². The average molecular weight is 253 g/mol. The average Bonchev–Trinajstić information content (AvgIpc) is 2.45. The Morgan fingerprint density at radius 3 is 2.37 bits per heavy atom. The number of hydrogen-bond donors (Lipinski definition) is 1. The molecule has 1 N–H and O–H groups in total. The monoisotopic (exact) mass is 253 g/mol. The zero-order chi connectivity index (χ0) is 13.7. The van der Waals surface area contributed by atoms with Crippen molar-refractivity contribution in [2.75, 3.05) is 7.05 Å². The van der Waals surface area contributed by atoms with Gasteiger partial charge in [0.2, 0.25) is 0 Å². The molecule has 0 aliphatic carbocycles. The van der Waals surface area contributed by atoms with Crippen LogP contribution in [0.15, 0.2) is 48.5 Å². The first-order valence-corrected chi connectivity index (χ1v) is 5.79. The molecule has 2 aromatic carbocycles. The third kappa shape index (κ3) is 3.20. The summed E-state index contributed by atoms with van der Waals surface area (Å²) in [6, 6.07) is 13.8. The second-order valence-electron chi connectivity index (χ2n) is 3.89. The quantitative estimate of drug-likeness (QED) is 0.778. The Balaban J connectivity index is 2.27. The Hall–Kier alpha value is -2.60. The SMILES string of the molecule is CNC(=O)c1ccc(C#Cc2ccccc2)cc1F. The summed E-state index contributed by atoms with van der Waals surface area (Å²) in [6.45, 7) is 0. The van der Waals surface area contributed by atoms with E-state index >= 15 is 0 Å². The standard InChI is InChI=1S/C16H12FNO/c1-18-16(19)14-10-9-13(11-15(14)17)8-7-12-5-3-2-4-6-12/h2-6,9-11H,1H3,(H,18,19). The molecule has 3 heteroatoms.